The van der Waals surface area contributed by atoms with Gasteiger partial charge in [0.05, 0.1) is 16.4 Å². The fourth-order valence-corrected chi connectivity index (χ4v) is 2.47. The minimum atomic E-state index is -1.68. The molecule has 0 aliphatic carbocycles. The molecule has 1 aliphatic heterocycles. The minimum absolute atomic E-state index is 0.0259. The number of carbonyl (C=O) groups is 1. The molecule has 1 aliphatic rings. The molecule has 0 aromatic heterocycles. The Morgan fingerprint density at radius 1 is 1.43 bits per heavy atom. The second-order valence-electron chi connectivity index (χ2n) is 5.02. The van der Waals surface area contributed by atoms with Gasteiger partial charge in [-0.15, -0.1) is 0 Å². The number of hydrogen-bond acceptors (Lipinski definition) is 3. The Bertz CT molecular complexity index is 582. The van der Waals surface area contributed by atoms with Crippen molar-refractivity contribution < 1.29 is 22.9 Å². The number of carbonyl (C=O) groups excluding carboxylic acids is 1. The van der Waals surface area contributed by atoms with Crippen LogP contribution in [0.3, 0.4) is 0 Å². The van der Waals surface area contributed by atoms with E-state index in [1.807, 2.05) is 0 Å². The molecule has 2 atom stereocenters. The first-order valence-corrected chi connectivity index (χ1v) is 6.32. The Morgan fingerprint density at radius 3 is 2.67 bits per heavy atom. The van der Waals surface area contributed by atoms with Crippen LogP contribution < -0.4 is 5.32 Å². The van der Waals surface area contributed by atoms with E-state index in [2.05, 4.69) is 5.32 Å². The predicted molar refractivity (Wildman–Crippen MR) is 67.5 cm³/mol. The summed E-state index contributed by atoms with van der Waals surface area (Å²) >= 11 is 0. The van der Waals surface area contributed by atoms with Crippen molar-refractivity contribution in [1.29, 1.82) is 0 Å². The van der Waals surface area contributed by atoms with Gasteiger partial charge in [-0.1, -0.05) is 0 Å². The molecule has 1 amide bonds. The topological polar surface area (TPSA) is 72.2 Å². The molecule has 114 valence electrons. The van der Waals surface area contributed by atoms with E-state index in [9.17, 15) is 28.1 Å². The van der Waals surface area contributed by atoms with Crippen molar-refractivity contribution >= 4 is 11.6 Å². The highest BCUT2D eigenvalue weighted by Gasteiger charge is 2.43. The number of nitro benzene ring substituents is 1. The van der Waals surface area contributed by atoms with Gasteiger partial charge >= 0.3 is 0 Å². The van der Waals surface area contributed by atoms with Crippen LogP contribution in [0.15, 0.2) is 18.2 Å². The van der Waals surface area contributed by atoms with Gasteiger partial charge in [0.2, 0.25) is 5.91 Å². The van der Waals surface area contributed by atoms with E-state index in [0.29, 0.717) is 0 Å². The van der Waals surface area contributed by atoms with Gasteiger partial charge in [0.15, 0.2) is 0 Å². The molecular formula is C13H13F3N2O3. The van der Waals surface area contributed by atoms with Gasteiger partial charge in [0, 0.05) is 17.7 Å². The van der Waals surface area contributed by atoms with Crippen LogP contribution in [-0.4, -0.2) is 24.2 Å². The third-order valence-electron chi connectivity index (χ3n) is 3.74. The van der Waals surface area contributed by atoms with E-state index in [-0.39, 0.29) is 18.4 Å². The maximum absolute atomic E-state index is 13.9. The van der Waals surface area contributed by atoms with Crippen LogP contribution in [-0.2, 0) is 10.3 Å². The quantitative estimate of drug-likeness (QED) is 0.685. The monoisotopic (exact) mass is 302 g/mol. The smallest absolute Gasteiger partial charge is 0.270 e. The summed E-state index contributed by atoms with van der Waals surface area (Å²) in [5, 5.41) is 13.0. The molecular weight excluding hydrogens is 289 g/mol. The summed E-state index contributed by atoms with van der Waals surface area (Å²) in [6.07, 6.45) is 0.0241. The van der Waals surface area contributed by atoms with E-state index in [1.54, 1.807) is 0 Å². The minimum Gasteiger partial charge on any atom is -0.343 e. The van der Waals surface area contributed by atoms with Gasteiger partial charge in [-0.2, -0.15) is 0 Å². The van der Waals surface area contributed by atoms with Crippen molar-refractivity contribution in [2.75, 3.05) is 13.3 Å². The number of non-ortho nitro benzene ring substituents is 1. The highest BCUT2D eigenvalue weighted by molar-refractivity contribution is 5.81. The van der Waals surface area contributed by atoms with Crippen molar-refractivity contribution in [1.82, 2.24) is 5.32 Å². The third-order valence-corrected chi connectivity index (χ3v) is 3.74. The first-order chi connectivity index (χ1) is 9.93. The van der Waals surface area contributed by atoms with Gasteiger partial charge < -0.3 is 5.32 Å². The number of alkyl halides is 2. The molecule has 1 saturated heterocycles. The lowest BCUT2D eigenvalue weighted by molar-refractivity contribution is -0.385. The Hall–Kier alpha value is -2.12. The zero-order valence-electron chi connectivity index (χ0n) is 10.9. The van der Waals surface area contributed by atoms with Crippen LogP contribution in [0.4, 0.5) is 18.9 Å². The summed E-state index contributed by atoms with van der Waals surface area (Å²) < 4.78 is 40.1. The average molecular weight is 302 g/mol. The molecule has 0 saturated carbocycles. The van der Waals surface area contributed by atoms with Gasteiger partial charge in [0.25, 0.3) is 5.69 Å². The highest BCUT2D eigenvalue weighted by atomic mass is 19.1. The summed E-state index contributed by atoms with van der Waals surface area (Å²) in [5.74, 6) is -2.46. The normalized spacial score (nSPS) is 25.5. The lowest BCUT2D eigenvalue weighted by Crippen LogP contribution is -2.54. The van der Waals surface area contributed by atoms with E-state index in [1.165, 1.54) is 0 Å². The van der Waals surface area contributed by atoms with Crippen LogP contribution in [0.5, 0.6) is 0 Å². The number of nitrogens with one attached hydrogen (secondary N) is 1. The fraction of sp³-hybridized carbons (Fsp3) is 0.462. The summed E-state index contributed by atoms with van der Waals surface area (Å²) in [4.78, 5) is 21.8. The molecule has 1 fully saturated rings. The average Bonchev–Trinajstić information content (AvgIpc) is 2.47. The Labute approximate surface area is 118 Å². The lowest BCUT2D eigenvalue weighted by atomic mass is 9.79. The first kappa shape index (κ1) is 15.3. The molecule has 2 unspecified atom stereocenters. The fourth-order valence-electron chi connectivity index (χ4n) is 2.47. The van der Waals surface area contributed by atoms with Crippen molar-refractivity contribution in [3.8, 4) is 0 Å². The number of nitro groups is 1. The van der Waals surface area contributed by atoms with E-state index in [4.69, 9.17) is 0 Å². The van der Waals surface area contributed by atoms with Crippen molar-refractivity contribution in [3.63, 3.8) is 0 Å². The van der Waals surface area contributed by atoms with Crippen molar-refractivity contribution in [2.24, 2.45) is 5.92 Å². The molecule has 0 bridgehead atoms. The standard InChI is InChI=1S/C13H13F3N2O3/c14-6-8-3-4-13(7-15,17-12(8)19)10-5-9(18(20)21)1-2-11(10)16/h1-2,5,8H,3-4,6-7H2,(H,17,19). The van der Waals surface area contributed by atoms with Gasteiger partial charge in [-0.05, 0) is 18.9 Å². The molecule has 2 rings (SSSR count). The van der Waals surface area contributed by atoms with Gasteiger partial charge in [-0.25, -0.2) is 8.78 Å². The number of piperidine rings is 1. The molecule has 5 nitrogen and oxygen atoms in total. The van der Waals surface area contributed by atoms with Crippen molar-refractivity contribution in [2.45, 2.75) is 18.4 Å². The number of rotatable bonds is 4. The molecule has 1 N–H and O–H groups in total. The lowest BCUT2D eigenvalue weighted by Gasteiger charge is -2.38. The second-order valence-corrected chi connectivity index (χ2v) is 5.02. The number of hydrogen-bond donors (Lipinski definition) is 1. The van der Waals surface area contributed by atoms with E-state index in [0.717, 1.165) is 18.2 Å². The molecule has 0 spiro atoms. The largest absolute Gasteiger partial charge is 0.343 e. The summed E-state index contributed by atoms with van der Waals surface area (Å²) in [6, 6.07) is 2.73. The molecule has 1 heterocycles. The number of benzene rings is 1. The van der Waals surface area contributed by atoms with E-state index >= 15 is 0 Å². The summed E-state index contributed by atoms with van der Waals surface area (Å²) in [6.45, 7) is -2.01. The number of halogens is 3. The van der Waals surface area contributed by atoms with Gasteiger partial charge in [0.1, 0.15) is 19.2 Å². The van der Waals surface area contributed by atoms with Crippen molar-refractivity contribution in [3.05, 3.63) is 39.7 Å². The van der Waals surface area contributed by atoms with Gasteiger partial charge in [-0.3, -0.25) is 19.3 Å². The molecule has 1 aromatic rings. The zero-order valence-corrected chi connectivity index (χ0v) is 10.9. The maximum Gasteiger partial charge on any atom is 0.270 e. The first-order valence-electron chi connectivity index (χ1n) is 6.32. The Kier molecular flexibility index (Phi) is 4.15. The number of nitrogens with zero attached hydrogens (tertiary/aromatic N) is 1. The van der Waals surface area contributed by atoms with Crippen LogP contribution in [0.2, 0.25) is 0 Å². The SMILES string of the molecule is O=C1NC(CF)(c2cc([N+](=O)[O-])ccc2F)CCC1CF. The van der Waals surface area contributed by atoms with Crippen LogP contribution >= 0.6 is 0 Å². The Balaban J connectivity index is 2.44. The summed E-state index contributed by atoms with van der Waals surface area (Å²) in [7, 11) is 0. The highest BCUT2D eigenvalue weighted by Crippen LogP contribution is 2.36. The molecule has 8 heteroatoms. The predicted octanol–water partition coefficient (Wildman–Crippen LogP) is 2.39. The van der Waals surface area contributed by atoms with Crippen LogP contribution in [0.1, 0.15) is 18.4 Å². The molecule has 0 radical (unpaired) electrons. The summed E-state index contributed by atoms with van der Waals surface area (Å²) in [5.41, 5.74) is -2.37. The maximum atomic E-state index is 13.9. The molecule has 21 heavy (non-hydrogen) atoms. The van der Waals surface area contributed by atoms with Crippen LogP contribution in [0.25, 0.3) is 0 Å². The third kappa shape index (κ3) is 2.70. The Morgan fingerprint density at radius 2 is 2.14 bits per heavy atom. The van der Waals surface area contributed by atoms with E-state index < -0.39 is 47.1 Å². The van der Waals surface area contributed by atoms with Crippen LogP contribution in [0, 0.1) is 21.8 Å². The second kappa shape index (κ2) is 5.71. The zero-order chi connectivity index (χ0) is 15.6. The molecule has 1 aromatic carbocycles. The number of amides is 1.